The number of rotatable bonds is 7. The Morgan fingerprint density at radius 1 is 1.02 bits per heavy atom. The van der Waals surface area contributed by atoms with Crippen LogP contribution in [0.3, 0.4) is 0 Å². The molecule has 3 heterocycles. The van der Waals surface area contributed by atoms with Gasteiger partial charge in [0.05, 0.1) is 16.2 Å². The highest BCUT2D eigenvalue weighted by Gasteiger charge is 2.67. The number of aliphatic hydroxyl groups excluding tert-OH is 1. The zero-order chi connectivity index (χ0) is 28.8. The van der Waals surface area contributed by atoms with Crippen molar-refractivity contribution >= 4 is 39.1 Å². The maximum absolute atomic E-state index is 14.4. The summed E-state index contributed by atoms with van der Waals surface area (Å²) in [6.07, 6.45) is 3.72. The molecule has 2 aliphatic rings. The first-order valence-corrected chi connectivity index (χ1v) is 14.1. The third-order valence-corrected chi connectivity index (χ3v) is 9.02. The number of aromatic nitrogens is 1. The summed E-state index contributed by atoms with van der Waals surface area (Å²) in [5.74, 6) is -3.17. The molecule has 1 spiro atoms. The number of carbonyl (C=O) groups excluding carboxylic acids is 3. The number of carbonyl (C=O) groups is 3. The molecule has 1 atom stereocenters. The van der Waals surface area contributed by atoms with Gasteiger partial charge in [-0.05, 0) is 36.2 Å². The minimum Gasteiger partial charge on any atom is -0.507 e. The fourth-order valence-electron chi connectivity index (χ4n) is 5.37. The van der Waals surface area contributed by atoms with Crippen LogP contribution in [-0.4, -0.2) is 66.0 Å². The van der Waals surface area contributed by atoms with E-state index in [-0.39, 0.29) is 17.0 Å². The van der Waals surface area contributed by atoms with E-state index < -0.39 is 44.5 Å². The van der Waals surface area contributed by atoms with E-state index in [2.05, 4.69) is 4.98 Å². The summed E-state index contributed by atoms with van der Waals surface area (Å²) in [4.78, 5) is 48.6. The van der Waals surface area contributed by atoms with E-state index in [4.69, 9.17) is 0 Å². The van der Waals surface area contributed by atoms with Gasteiger partial charge in [0.15, 0.2) is 5.54 Å². The zero-order valence-corrected chi connectivity index (χ0v) is 23.1. The average molecular weight is 561 g/mol. The Hall–Kier alpha value is -4.35. The topological polar surface area (TPSA) is 128 Å². The number of hydrogen-bond acceptors (Lipinski definition) is 7. The number of likely N-dealkylation sites (tertiary alicyclic amines) is 1. The summed E-state index contributed by atoms with van der Waals surface area (Å²) in [7, 11) is -1.13. The SMILES string of the molecule is CCCN1C(=O)C2(/C(=C(/O)c3cccc(S(=O)(=O)N(C)C)c3)C(=O)C(=O)N2Cc2cccnc2)c2ccccc21. The van der Waals surface area contributed by atoms with Gasteiger partial charge in [0.2, 0.25) is 10.0 Å². The monoisotopic (exact) mass is 560 g/mol. The van der Waals surface area contributed by atoms with E-state index in [9.17, 15) is 27.9 Å². The summed E-state index contributed by atoms with van der Waals surface area (Å²) in [6.45, 7) is 2.11. The Balaban J connectivity index is 1.81. The van der Waals surface area contributed by atoms with Crippen molar-refractivity contribution < 1.29 is 27.9 Å². The Bertz CT molecular complexity index is 1670. The number of fused-ring (bicyclic) bond motifs is 2. The van der Waals surface area contributed by atoms with Crippen LogP contribution in [0.1, 0.15) is 30.0 Å². The Labute approximate surface area is 232 Å². The molecule has 5 rings (SSSR count). The second-order valence-corrected chi connectivity index (χ2v) is 12.0. The first-order valence-electron chi connectivity index (χ1n) is 12.7. The van der Waals surface area contributed by atoms with E-state index >= 15 is 0 Å². The van der Waals surface area contributed by atoms with E-state index in [1.807, 2.05) is 6.92 Å². The van der Waals surface area contributed by atoms with Crippen molar-refractivity contribution in [2.75, 3.05) is 25.5 Å². The lowest BCUT2D eigenvalue weighted by Gasteiger charge is -2.34. The van der Waals surface area contributed by atoms with Gasteiger partial charge < -0.3 is 14.9 Å². The van der Waals surface area contributed by atoms with Gasteiger partial charge in [-0.25, -0.2) is 12.7 Å². The van der Waals surface area contributed by atoms with Crippen molar-refractivity contribution in [3.05, 3.63) is 95.3 Å². The third-order valence-electron chi connectivity index (χ3n) is 7.21. The van der Waals surface area contributed by atoms with Crippen molar-refractivity contribution in [3.63, 3.8) is 0 Å². The number of anilines is 1. The molecule has 2 aliphatic heterocycles. The molecule has 3 aromatic rings. The number of hydrogen-bond donors (Lipinski definition) is 1. The normalized spacial score (nSPS) is 20.1. The Morgan fingerprint density at radius 2 is 1.77 bits per heavy atom. The fourth-order valence-corrected chi connectivity index (χ4v) is 6.31. The van der Waals surface area contributed by atoms with Gasteiger partial charge in [-0.2, -0.15) is 0 Å². The molecule has 0 radical (unpaired) electrons. The van der Waals surface area contributed by atoms with Crippen LogP contribution in [0.25, 0.3) is 5.76 Å². The Kier molecular flexibility index (Phi) is 6.80. The number of ketones is 1. The summed E-state index contributed by atoms with van der Waals surface area (Å²) in [5.41, 5.74) is -0.881. The molecule has 1 aromatic heterocycles. The van der Waals surface area contributed by atoms with Crippen LogP contribution in [0.15, 0.2) is 83.5 Å². The maximum atomic E-state index is 14.4. The summed E-state index contributed by atoms with van der Waals surface area (Å²) in [6, 6.07) is 15.7. The molecule has 2 amide bonds. The lowest BCUT2D eigenvalue weighted by atomic mass is 9.81. The molecule has 2 aromatic carbocycles. The minimum atomic E-state index is -3.88. The lowest BCUT2D eigenvalue weighted by molar-refractivity contribution is -0.144. The molecule has 0 aliphatic carbocycles. The van der Waals surface area contributed by atoms with Crippen molar-refractivity contribution in [1.29, 1.82) is 0 Å². The first-order chi connectivity index (χ1) is 19.1. The second-order valence-electron chi connectivity index (χ2n) is 9.80. The van der Waals surface area contributed by atoms with Crippen molar-refractivity contribution in [1.82, 2.24) is 14.2 Å². The molecule has 1 N–H and O–H groups in total. The van der Waals surface area contributed by atoms with E-state index in [0.29, 0.717) is 29.8 Å². The van der Waals surface area contributed by atoms with Crippen LogP contribution in [0, 0.1) is 0 Å². The molecule has 206 valence electrons. The molecule has 10 nitrogen and oxygen atoms in total. The van der Waals surface area contributed by atoms with Gasteiger partial charge in [-0.15, -0.1) is 0 Å². The molecular weight excluding hydrogens is 532 g/mol. The van der Waals surface area contributed by atoms with Gasteiger partial charge in [-0.3, -0.25) is 19.4 Å². The lowest BCUT2D eigenvalue weighted by Crippen LogP contribution is -2.51. The number of aliphatic hydroxyl groups is 1. The van der Waals surface area contributed by atoms with Crippen LogP contribution in [-0.2, 0) is 36.5 Å². The maximum Gasteiger partial charge on any atom is 0.296 e. The average Bonchev–Trinajstić information content (AvgIpc) is 3.32. The predicted octanol–water partition coefficient (Wildman–Crippen LogP) is 2.86. The smallest absolute Gasteiger partial charge is 0.296 e. The van der Waals surface area contributed by atoms with Crippen LogP contribution in [0.5, 0.6) is 0 Å². The van der Waals surface area contributed by atoms with Crippen molar-refractivity contribution in [2.24, 2.45) is 0 Å². The summed E-state index contributed by atoms with van der Waals surface area (Å²) < 4.78 is 26.6. The van der Waals surface area contributed by atoms with Crippen molar-refractivity contribution in [3.8, 4) is 0 Å². The molecule has 1 saturated heterocycles. The van der Waals surface area contributed by atoms with Gasteiger partial charge in [0.25, 0.3) is 17.6 Å². The Morgan fingerprint density at radius 3 is 2.45 bits per heavy atom. The zero-order valence-electron chi connectivity index (χ0n) is 22.2. The van der Waals surface area contributed by atoms with E-state index in [0.717, 1.165) is 4.31 Å². The number of pyridine rings is 1. The predicted molar refractivity (Wildman–Crippen MR) is 147 cm³/mol. The third kappa shape index (κ3) is 3.92. The number of para-hydroxylation sites is 1. The largest absolute Gasteiger partial charge is 0.507 e. The summed E-state index contributed by atoms with van der Waals surface area (Å²) >= 11 is 0. The molecule has 40 heavy (non-hydrogen) atoms. The summed E-state index contributed by atoms with van der Waals surface area (Å²) in [5, 5.41) is 11.7. The molecule has 0 bridgehead atoms. The van der Waals surface area contributed by atoms with Crippen LogP contribution >= 0.6 is 0 Å². The van der Waals surface area contributed by atoms with Gasteiger partial charge in [0.1, 0.15) is 5.76 Å². The fraction of sp³-hybridized carbons (Fsp3) is 0.241. The molecule has 1 fully saturated rings. The molecule has 0 saturated carbocycles. The number of nitrogens with zero attached hydrogens (tertiary/aromatic N) is 4. The van der Waals surface area contributed by atoms with Crippen molar-refractivity contribution in [2.45, 2.75) is 30.3 Å². The van der Waals surface area contributed by atoms with Gasteiger partial charge in [-0.1, -0.05) is 43.3 Å². The van der Waals surface area contributed by atoms with E-state index in [1.165, 1.54) is 54.4 Å². The van der Waals surface area contributed by atoms with Crippen LogP contribution in [0.4, 0.5) is 5.69 Å². The number of benzene rings is 2. The first kappa shape index (κ1) is 27.2. The second kappa shape index (κ2) is 10.00. The highest BCUT2D eigenvalue weighted by molar-refractivity contribution is 7.89. The minimum absolute atomic E-state index is 0.0131. The number of amides is 2. The standard InChI is InChI=1S/C29H28N4O6S/c1-4-15-32-23-13-6-5-12-22(23)29(28(32)37)24(26(35)27(36)33(29)18-19-9-8-14-30-17-19)25(34)20-10-7-11-21(16-20)40(38,39)31(2)3/h5-14,16-17,34H,4,15,18H2,1-3H3/b25-24+. The highest BCUT2D eigenvalue weighted by atomic mass is 32.2. The van der Waals surface area contributed by atoms with Crippen LogP contribution < -0.4 is 4.90 Å². The number of sulfonamides is 1. The highest BCUT2D eigenvalue weighted by Crippen LogP contribution is 2.54. The van der Waals surface area contributed by atoms with Gasteiger partial charge >= 0.3 is 0 Å². The molecule has 1 unspecified atom stereocenters. The molecular formula is C29H28N4O6S. The van der Waals surface area contributed by atoms with Gasteiger partial charge in [0, 0.05) is 50.7 Å². The molecule has 11 heteroatoms. The van der Waals surface area contributed by atoms with E-state index in [1.54, 1.807) is 42.6 Å². The van der Waals surface area contributed by atoms with Crippen LogP contribution in [0.2, 0.25) is 0 Å². The quantitative estimate of drug-likeness (QED) is 0.267. The number of Topliss-reactive ketones (excluding diaryl/α,β-unsaturated/α-hetero) is 1.